The van der Waals surface area contributed by atoms with Gasteiger partial charge >= 0.3 is 12.1 Å². The summed E-state index contributed by atoms with van der Waals surface area (Å²) in [6.45, 7) is 0. The van der Waals surface area contributed by atoms with E-state index >= 15 is 0 Å². The minimum atomic E-state index is -4.50. The average molecular weight is 396 g/mol. The predicted octanol–water partition coefficient (Wildman–Crippen LogP) is 2.97. The van der Waals surface area contributed by atoms with E-state index in [0.29, 0.717) is 0 Å². The second-order valence-corrected chi connectivity index (χ2v) is 5.92. The van der Waals surface area contributed by atoms with Gasteiger partial charge in [0.1, 0.15) is 6.04 Å². The third-order valence-corrected chi connectivity index (χ3v) is 3.89. The van der Waals surface area contributed by atoms with Crippen molar-refractivity contribution in [2.45, 2.75) is 25.1 Å². The number of rotatable bonds is 7. The lowest BCUT2D eigenvalue weighted by molar-refractivity contribution is -0.385. The van der Waals surface area contributed by atoms with E-state index in [2.05, 4.69) is 5.32 Å². The Kier molecular flexibility index (Phi) is 6.34. The largest absolute Gasteiger partial charge is 0.480 e. The third kappa shape index (κ3) is 5.53. The van der Waals surface area contributed by atoms with E-state index in [1.165, 1.54) is 24.3 Å². The zero-order chi connectivity index (χ0) is 20.9. The maximum Gasteiger partial charge on any atom is 0.416 e. The number of hydrogen-bond acceptors (Lipinski definition) is 4. The number of nitro groups is 1. The monoisotopic (exact) mass is 396 g/mol. The van der Waals surface area contributed by atoms with Crippen LogP contribution in [0.25, 0.3) is 0 Å². The summed E-state index contributed by atoms with van der Waals surface area (Å²) in [5.74, 6) is -2.12. The van der Waals surface area contributed by atoms with Gasteiger partial charge in [0.25, 0.3) is 5.69 Å². The fraction of sp³-hybridized carbons (Fsp3) is 0.222. The highest BCUT2D eigenvalue weighted by molar-refractivity contribution is 5.85. The summed E-state index contributed by atoms with van der Waals surface area (Å²) < 4.78 is 37.6. The summed E-state index contributed by atoms with van der Waals surface area (Å²) in [5, 5.41) is 22.6. The van der Waals surface area contributed by atoms with Gasteiger partial charge in [-0.3, -0.25) is 14.9 Å². The molecular weight excluding hydrogens is 381 g/mol. The van der Waals surface area contributed by atoms with Gasteiger partial charge in [0.2, 0.25) is 5.91 Å². The molecule has 0 aliphatic heterocycles. The van der Waals surface area contributed by atoms with Gasteiger partial charge in [-0.2, -0.15) is 13.2 Å². The third-order valence-electron chi connectivity index (χ3n) is 3.89. The number of nitrogens with one attached hydrogen (secondary N) is 1. The van der Waals surface area contributed by atoms with Crippen LogP contribution in [-0.4, -0.2) is 27.9 Å². The molecule has 1 amide bonds. The molecule has 2 N–H and O–H groups in total. The number of carboxylic acids is 1. The molecule has 0 unspecified atom stereocenters. The fourth-order valence-electron chi connectivity index (χ4n) is 2.52. The molecule has 28 heavy (non-hydrogen) atoms. The van der Waals surface area contributed by atoms with Crippen molar-refractivity contribution in [1.82, 2.24) is 5.32 Å². The molecule has 0 bridgehead atoms. The number of hydrogen-bond donors (Lipinski definition) is 2. The quantitative estimate of drug-likeness (QED) is 0.552. The van der Waals surface area contributed by atoms with Gasteiger partial charge in [-0.05, 0) is 17.7 Å². The number of benzene rings is 2. The molecule has 0 aromatic heterocycles. The van der Waals surface area contributed by atoms with Crippen molar-refractivity contribution in [3.8, 4) is 0 Å². The topological polar surface area (TPSA) is 110 Å². The van der Waals surface area contributed by atoms with Gasteiger partial charge in [0.05, 0.1) is 16.9 Å². The van der Waals surface area contributed by atoms with Crippen LogP contribution in [0.15, 0.2) is 48.5 Å². The van der Waals surface area contributed by atoms with Gasteiger partial charge in [-0.15, -0.1) is 0 Å². The minimum Gasteiger partial charge on any atom is -0.480 e. The zero-order valence-electron chi connectivity index (χ0n) is 14.3. The number of carbonyl (C=O) groups excluding carboxylic acids is 1. The van der Waals surface area contributed by atoms with Gasteiger partial charge in [0.15, 0.2) is 0 Å². The molecule has 2 aromatic carbocycles. The number of halogens is 3. The molecule has 0 fully saturated rings. The van der Waals surface area contributed by atoms with E-state index in [9.17, 15) is 38.0 Å². The van der Waals surface area contributed by atoms with Crippen LogP contribution in [0.5, 0.6) is 0 Å². The van der Waals surface area contributed by atoms with E-state index in [1.807, 2.05) is 0 Å². The number of para-hydroxylation sites is 1. The first kappa shape index (κ1) is 20.9. The molecule has 0 saturated heterocycles. The average Bonchev–Trinajstić information content (AvgIpc) is 2.61. The van der Waals surface area contributed by atoms with Gasteiger partial charge in [-0.1, -0.05) is 30.3 Å². The van der Waals surface area contributed by atoms with Crippen LogP contribution < -0.4 is 5.32 Å². The highest BCUT2D eigenvalue weighted by atomic mass is 19.4. The van der Waals surface area contributed by atoms with Crippen molar-refractivity contribution in [2.24, 2.45) is 0 Å². The van der Waals surface area contributed by atoms with Gasteiger partial charge < -0.3 is 10.4 Å². The summed E-state index contributed by atoms with van der Waals surface area (Å²) in [7, 11) is 0. The van der Waals surface area contributed by atoms with Crippen molar-refractivity contribution in [3.05, 3.63) is 75.3 Å². The highest BCUT2D eigenvalue weighted by Crippen LogP contribution is 2.29. The number of carboxylic acid groups (broad SMARTS) is 1. The summed E-state index contributed by atoms with van der Waals surface area (Å²) in [5.41, 5.74) is -0.739. The molecule has 0 aliphatic rings. The van der Waals surface area contributed by atoms with E-state index in [4.69, 9.17) is 0 Å². The first-order valence-corrected chi connectivity index (χ1v) is 7.98. The van der Waals surface area contributed by atoms with E-state index in [0.717, 1.165) is 24.3 Å². The van der Waals surface area contributed by atoms with Crippen molar-refractivity contribution >= 4 is 17.6 Å². The summed E-state index contributed by atoms with van der Waals surface area (Å²) in [4.78, 5) is 33.9. The maximum atomic E-state index is 12.5. The normalized spacial score (nSPS) is 12.2. The van der Waals surface area contributed by atoms with E-state index < -0.39 is 34.6 Å². The van der Waals surface area contributed by atoms with Crippen LogP contribution in [-0.2, 0) is 28.6 Å². The molecule has 0 spiro atoms. The number of nitrogens with zero attached hydrogens (tertiary/aromatic N) is 1. The standard InChI is InChI=1S/C18H15F3N2O5/c19-18(20,21)13-7-5-11(6-8-13)9-16(24)22-14(17(25)26)10-12-3-1-2-4-15(12)23(27)28/h1-8,14H,9-10H2,(H,22,24)(H,25,26)/t14-/m0/s1. The first-order valence-electron chi connectivity index (χ1n) is 7.98. The Morgan fingerprint density at radius 3 is 2.25 bits per heavy atom. The van der Waals surface area contributed by atoms with Gasteiger partial charge in [-0.25, -0.2) is 4.79 Å². The molecule has 1 atom stereocenters. The Morgan fingerprint density at radius 2 is 1.71 bits per heavy atom. The van der Waals surface area contributed by atoms with Crippen LogP contribution in [0, 0.1) is 10.1 Å². The Balaban J connectivity index is 2.07. The number of carbonyl (C=O) groups is 2. The molecule has 2 aromatic rings. The first-order chi connectivity index (χ1) is 13.1. The smallest absolute Gasteiger partial charge is 0.416 e. The van der Waals surface area contributed by atoms with Crippen LogP contribution in [0.3, 0.4) is 0 Å². The molecule has 2 rings (SSSR count). The summed E-state index contributed by atoms with van der Waals surface area (Å²) in [6.07, 6.45) is -5.15. The van der Waals surface area contributed by atoms with Crippen molar-refractivity contribution in [2.75, 3.05) is 0 Å². The predicted molar refractivity (Wildman–Crippen MR) is 91.5 cm³/mol. The van der Waals surface area contributed by atoms with Crippen LogP contribution in [0.2, 0.25) is 0 Å². The summed E-state index contributed by atoms with van der Waals surface area (Å²) >= 11 is 0. The van der Waals surface area contributed by atoms with Crippen LogP contribution >= 0.6 is 0 Å². The second-order valence-electron chi connectivity index (χ2n) is 5.92. The number of alkyl halides is 3. The minimum absolute atomic E-state index is 0.134. The Morgan fingerprint density at radius 1 is 1.11 bits per heavy atom. The van der Waals surface area contributed by atoms with Crippen molar-refractivity contribution < 1.29 is 32.8 Å². The van der Waals surface area contributed by atoms with E-state index in [1.54, 1.807) is 0 Å². The zero-order valence-corrected chi connectivity index (χ0v) is 14.3. The molecule has 7 nitrogen and oxygen atoms in total. The molecule has 0 radical (unpaired) electrons. The number of nitro benzene ring substituents is 1. The maximum absolute atomic E-state index is 12.5. The lowest BCUT2D eigenvalue weighted by Crippen LogP contribution is -2.43. The fourth-order valence-corrected chi connectivity index (χ4v) is 2.52. The van der Waals surface area contributed by atoms with Crippen molar-refractivity contribution in [3.63, 3.8) is 0 Å². The highest BCUT2D eigenvalue weighted by Gasteiger charge is 2.30. The second kappa shape index (κ2) is 8.51. The Labute approximate surface area is 156 Å². The molecule has 10 heteroatoms. The van der Waals surface area contributed by atoms with Crippen LogP contribution in [0.4, 0.5) is 18.9 Å². The molecule has 0 aliphatic carbocycles. The SMILES string of the molecule is O=C(Cc1ccc(C(F)(F)F)cc1)N[C@@H](Cc1ccccc1[N+](=O)[O-])C(=O)O. The van der Waals surface area contributed by atoms with Gasteiger partial charge in [0, 0.05) is 18.1 Å². The molecule has 0 heterocycles. The molecule has 0 saturated carbocycles. The van der Waals surface area contributed by atoms with Crippen LogP contribution in [0.1, 0.15) is 16.7 Å². The number of amides is 1. The molecule has 148 valence electrons. The Bertz CT molecular complexity index is 882. The lowest BCUT2D eigenvalue weighted by atomic mass is 10.0. The summed E-state index contributed by atoms with van der Waals surface area (Å²) in [6, 6.07) is 8.01. The van der Waals surface area contributed by atoms with Crippen molar-refractivity contribution in [1.29, 1.82) is 0 Å². The Hall–Kier alpha value is -3.43. The van der Waals surface area contributed by atoms with E-state index in [-0.39, 0.29) is 29.7 Å². The lowest BCUT2D eigenvalue weighted by Gasteiger charge is -2.15. The molecular formula is C18H15F3N2O5. The number of aliphatic carboxylic acids is 1.